The summed E-state index contributed by atoms with van der Waals surface area (Å²) in [5.41, 5.74) is 0.728. The van der Waals surface area contributed by atoms with Crippen LogP contribution >= 0.6 is 0 Å². The molecule has 0 spiro atoms. The largest absolute Gasteiger partial charge is 0.336 e. The van der Waals surface area contributed by atoms with Crippen LogP contribution in [0.5, 0.6) is 0 Å². The Balaban J connectivity index is 2.23. The molecular formula is C14H20N2O2. The van der Waals surface area contributed by atoms with Gasteiger partial charge in [-0.05, 0) is 51.7 Å². The average molecular weight is 248 g/mol. The fourth-order valence-corrected chi connectivity index (χ4v) is 2.00. The van der Waals surface area contributed by atoms with Gasteiger partial charge in [-0.15, -0.1) is 0 Å². The third-order valence-electron chi connectivity index (χ3n) is 3.32. The van der Waals surface area contributed by atoms with Crippen LogP contribution in [0.3, 0.4) is 0 Å². The van der Waals surface area contributed by atoms with Crippen molar-refractivity contribution in [2.24, 2.45) is 5.92 Å². The first kappa shape index (κ1) is 12.9. The van der Waals surface area contributed by atoms with Gasteiger partial charge in [-0.2, -0.15) is 0 Å². The lowest BCUT2D eigenvalue weighted by Crippen LogP contribution is -2.40. The van der Waals surface area contributed by atoms with Crippen molar-refractivity contribution in [3.05, 3.63) is 33.7 Å². The minimum atomic E-state index is -0.290. The smallest absolute Gasteiger partial charge is 0.260 e. The van der Waals surface area contributed by atoms with E-state index in [-0.39, 0.29) is 23.1 Å². The molecule has 0 saturated heterocycles. The van der Waals surface area contributed by atoms with Crippen molar-refractivity contribution in [3.63, 3.8) is 0 Å². The van der Waals surface area contributed by atoms with Gasteiger partial charge in [0.25, 0.3) is 11.5 Å². The van der Waals surface area contributed by atoms with Crippen molar-refractivity contribution < 1.29 is 4.79 Å². The number of hydrogen-bond donors (Lipinski definition) is 1. The van der Waals surface area contributed by atoms with Gasteiger partial charge in [0.2, 0.25) is 0 Å². The van der Waals surface area contributed by atoms with Gasteiger partial charge in [0.05, 0.1) is 0 Å². The number of rotatable bonds is 4. The molecule has 1 saturated carbocycles. The van der Waals surface area contributed by atoms with E-state index in [0.717, 1.165) is 12.2 Å². The number of nitrogens with one attached hydrogen (secondary N) is 1. The molecule has 0 aromatic carbocycles. The van der Waals surface area contributed by atoms with Crippen molar-refractivity contribution in [3.8, 4) is 0 Å². The van der Waals surface area contributed by atoms with Crippen LogP contribution in [0.2, 0.25) is 0 Å². The Morgan fingerprint density at radius 2 is 2.11 bits per heavy atom. The minimum Gasteiger partial charge on any atom is -0.336 e. The normalized spacial score (nSPS) is 14.9. The number of amides is 1. The van der Waals surface area contributed by atoms with Crippen molar-refractivity contribution >= 4 is 5.91 Å². The summed E-state index contributed by atoms with van der Waals surface area (Å²) in [5, 5.41) is 0. The van der Waals surface area contributed by atoms with Gasteiger partial charge >= 0.3 is 0 Å². The van der Waals surface area contributed by atoms with Gasteiger partial charge in [0.1, 0.15) is 5.56 Å². The van der Waals surface area contributed by atoms with E-state index in [1.807, 2.05) is 13.8 Å². The summed E-state index contributed by atoms with van der Waals surface area (Å²) in [6, 6.07) is 3.52. The first-order chi connectivity index (χ1) is 8.49. The van der Waals surface area contributed by atoms with Crippen molar-refractivity contribution in [2.45, 2.75) is 39.7 Å². The number of carbonyl (C=O) groups is 1. The molecule has 1 aliphatic rings. The monoisotopic (exact) mass is 248 g/mol. The highest BCUT2D eigenvalue weighted by Gasteiger charge is 2.29. The predicted molar refractivity (Wildman–Crippen MR) is 70.7 cm³/mol. The Morgan fingerprint density at radius 1 is 1.44 bits per heavy atom. The van der Waals surface area contributed by atoms with Gasteiger partial charge in [-0.1, -0.05) is 0 Å². The van der Waals surface area contributed by atoms with Crippen LogP contribution in [0, 0.1) is 12.8 Å². The SMILES string of the molecule is Cc1ccc(C(=O)N(CC2CC2)C(C)C)c(=O)[nH]1. The molecule has 1 aromatic heterocycles. The van der Waals surface area contributed by atoms with E-state index < -0.39 is 0 Å². The van der Waals surface area contributed by atoms with E-state index in [2.05, 4.69) is 4.98 Å². The van der Waals surface area contributed by atoms with E-state index in [4.69, 9.17) is 0 Å². The highest BCUT2D eigenvalue weighted by atomic mass is 16.2. The lowest BCUT2D eigenvalue weighted by atomic mass is 10.2. The molecule has 1 fully saturated rings. The molecule has 0 radical (unpaired) electrons. The minimum absolute atomic E-state index is 0.124. The van der Waals surface area contributed by atoms with E-state index in [1.54, 1.807) is 24.0 Å². The number of carbonyl (C=O) groups excluding carboxylic acids is 1. The molecule has 4 nitrogen and oxygen atoms in total. The zero-order chi connectivity index (χ0) is 13.3. The van der Waals surface area contributed by atoms with E-state index in [9.17, 15) is 9.59 Å². The maximum absolute atomic E-state index is 12.4. The molecule has 1 aliphatic carbocycles. The molecule has 0 aliphatic heterocycles. The van der Waals surface area contributed by atoms with Crippen molar-refractivity contribution in [1.29, 1.82) is 0 Å². The molecule has 0 bridgehead atoms. The fraction of sp³-hybridized carbons (Fsp3) is 0.571. The lowest BCUT2D eigenvalue weighted by molar-refractivity contribution is 0.0694. The van der Waals surface area contributed by atoms with E-state index in [0.29, 0.717) is 5.92 Å². The molecule has 18 heavy (non-hydrogen) atoms. The van der Waals surface area contributed by atoms with Crippen LogP contribution in [0.25, 0.3) is 0 Å². The maximum Gasteiger partial charge on any atom is 0.260 e. The van der Waals surface area contributed by atoms with Crippen LogP contribution in [-0.2, 0) is 0 Å². The second-order valence-corrected chi connectivity index (χ2v) is 5.38. The Bertz CT molecular complexity index is 501. The third kappa shape index (κ3) is 2.81. The molecule has 1 amide bonds. The number of aromatic nitrogens is 1. The Kier molecular flexibility index (Phi) is 3.55. The molecule has 0 unspecified atom stereocenters. The zero-order valence-electron chi connectivity index (χ0n) is 11.2. The van der Waals surface area contributed by atoms with Crippen LogP contribution in [0.4, 0.5) is 0 Å². The molecule has 1 aromatic rings. The predicted octanol–water partition coefficient (Wildman–Crippen LogP) is 1.94. The topological polar surface area (TPSA) is 53.2 Å². The van der Waals surface area contributed by atoms with Crippen LogP contribution in [0.15, 0.2) is 16.9 Å². The van der Waals surface area contributed by atoms with Gasteiger partial charge in [0.15, 0.2) is 0 Å². The number of aryl methyl sites for hydroxylation is 1. The Hall–Kier alpha value is -1.58. The van der Waals surface area contributed by atoms with Crippen LogP contribution in [0.1, 0.15) is 42.7 Å². The lowest BCUT2D eigenvalue weighted by Gasteiger charge is -2.26. The maximum atomic E-state index is 12.4. The van der Waals surface area contributed by atoms with Crippen LogP contribution < -0.4 is 5.56 Å². The number of hydrogen-bond acceptors (Lipinski definition) is 2. The number of aromatic amines is 1. The van der Waals surface area contributed by atoms with Gasteiger partial charge in [-0.25, -0.2) is 0 Å². The molecule has 98 valence electrons. The van der Waals surface area contributed by atoms with Gasteiger partial charge in [-0.3, -0.25) is 9.59 Å². The first-order valence-electron chi connectivity index (χ1n) is 6.50. The molecule has 1 N–H and O–H groups in total. The van der Waals surface area contributed by atoms with E-state index in [1.165, 1.54) is 12.8 Å². The summed E-state index contributed by atoms with van der Waals surface area (Å²) in [6.07, 6.45) is 2.39. The van der Waals surface area contributed by atoms with Gasteiger partial charge < -0.3 is 9.88 Å². The summed E-state index contributed by atoms with van der Waals surface area (Å²) in [4.78, 5) is 28.7. The molecule has 2 rings (SSSR count). The Morgan fingerprint density at radius 3 is 2.61 bits per heavy atom. The first-order valence-corrected chi connectivity index (χ1v) is 6.50. The second-order valence-electron chi connectivity index (χ2n) is 5.38. The standard InChI is InChI=1S/C14H20N2O2/c1-9(2)16(8-11-5-6-11)14(18)12-7-4-10(3)15-13(12)17/h4,7,9,11H,5-6,8H2,1-3H3,(H,15,17). The summed E-state index contributed by atoms with van der Waals surface area (Å²) < 4.78 is 0. The summed E-state index contributed by atoms with van der Waals surface area (Å²) >= 11 is 0. The zero-order valence-corrected chi connectivity index (χ0v) is 11.2. The highest BCUT2D eigenvalue weighted by molar-refractivity contribution is 5.94. The fourth-order valence-electron chi connectivity index (χ4n) is 2.00. The van der Waals surface area contributed by atoms with Crippen LogP contribution in [-0.4, -0.2) is 28.4 Å². The molecule has 0 atom stereocenters. The number of pyridine rings is 1. The quantitative estimate of drug-likeness (QED) is 0.885. The summed E-state index contributed by atoms with van der Waals surface area (Å²) in [7, 11) is 0. The molecular weight excluding hydrogens is 228 g/mol. The highest BCUT2D eigenvalue weighted by Crippen LogP contribution is 2.30. The summed E-state index contributed by atoms with van der Waals surface area (Å²) in [6.45, 7) is 6.55. The van der Waals surface area contributed by atoms with Crippen molar-refractivity contribution in [1.82, 2.24) is 9.88 Å². The molecule has 4 heteroatoms. The number of nitrogens with zero attached hydrogens (tertiary/aromatic N) is 1. The van der Waals surface area contributed by atoms with Gasteiger partial charge in [0, 0.05) is 18.3 Å². The molecule has 1 heterocycles. The second kappa shape index (κ2) is 4.96. The summed E-state index contributed by atoms with van der Waals surface area (Å²) in [5.74, 6) is 0.471. The van der Waals surface area contributed by atoms with E-state index >= 15 is 0 Å². The Labute approximate surface area is 107 Å². The van der Waals surface area contributed by atoms with Crippen molar-refractivity contribution in [2.75, 3.05) is 6.54 Å². The average Bonchev–Trinajstić information content (AvgIpc) is 3.08. The third-order valence-corrected chi connectivity index (χ3v) is 3.32. The number of H-pyrrole nitrogens is 1.